The maximum Gasteiger partial charge on any atom is 0.276 e. The molecule has 0 unspecified atom stereocenters. The van der Waals surface area contributed by atoms with Crippen LogP contribution in [0.15, 0.2) is 24.3 Å². The van der Waals surface area contributed by atoms with Gasteiger partial charge in [0.25, 0.3) is 5.91 Å². The van der Waals surface area contributed by atoms with Crippen molar-refractivity contribution in [3.8, 4) is 0 Å². The van der Waals surface area contributed by atoms with E-state index in [4.69, 9.17) is 5.73 Å². The number of amides is 2. The molecule has 5 N–H and O–H groups in total. The van der Waals surface area contributed by atoms with Crippen LogP contribution in [-0.4, -0.2) is 41.6 Å². The van der Waals surface area contributed by atoms with E-state index in [2.05, 4.69) is 25.7 Å². The first-order valence-corrected chi connectivity index (χ1v) is 9.35. The minimum Gasteiger partial charge on any atom is -0.370 e. The lowest BCUT2D eigenvalue weighted by Gasteiger charge is -2.33. The van der Waals surface area contributed by atoms with Gasteiger partial charge in [-0.3, -0.25) is 14.7 Å². The molecule has 0 radical (unpaired) electrons. The summed E-state index contributed by atoms with van der Waals surface area (Å²) in [5.74, 6) is -0.505. The first-order valence-electron chi connectivity index (χ1n) is 9.35. The molecule has 0 atom stereocenters. The second kappa shape index (κ2) is 8.62. The van der Waals surface area contributed by atoms with E-state index in [9.17, 15) is 9.59 Å². The topological polar surface area (TPSA) is 116 Å². The number of H-pyrrole nitrogens is 1. The molecule has 28 heavy (non-hydrogen) atoms. The van der Waals surface area contributed by atoms with Crippen LogP contribution in [0.5, 0.6) is 0 Å². The van der Waals surface area contributed by atoms with Crippen LogP contribution in [0.2, 0.25) is 0 Å². The first kappa shape index (κ1) is 20.2. The third-order valence-electron chi connectivity index (χ3n) is 5.41. The highest BCUT2D eigenvalue weighted by Crippen LogP contribution is 2.30. The van der Waals surface area contributed by atoms with Crippen molar-refractivity contribution in [2.45, 2.75) is 25.8 Å². The molecule has 8 nitrogen and oxygen atoms in total. The van der Waals surface area contributed by atoms with Gasteiger partial charge < -0.3 is 21.3 Å². The van der Waals surface area contributed by atoms with Gasteiger partial charge in [-0.05, 0) is 25.0 Å². The van der Waals surface area contributed by atoms with E-state index in [1.54, 1.807) is 0 Å². The molecule has 0 saturated carbocycles. The van der Waals surface area contributed by atoms with Crippen LogP contribution >= 0.6 is 12.4 Å². The quantitative estimate of drug-likeness (QED) is 0.615. The Kier molecular flexibility index (Phi) is 6.21. The fourth-order valence-electron chi connectivity index (χ4n) is 3.85. The van der Waals surface area contributed by atoms with Gasteiger partial charge in [0.2, 0.25) is 5.91 Å². The fourth-order valence-corrected chi connectivity index (χ4v) is 3.85. The standard InChI is InChI=1S/C19H24N6O2.ClH/c20-18(26)12-6-9-25(10-7-12)16-4-2-1-3-15(16)22-19(27)17-13-11-21-8-5-14(13)23-24-17;/h1-4,12,21H,5-11H2,(H2,20,26)(H,22,27)(H,23,24);1H. The Morgan fingerprint density at radius 2 is 1.96 bits per heavy atom. The molecule has 1 fully saturated rings. The molecule has 0 aliphatic carbocycles. The molecule has 150 valence electrons. The average Bonchev–Trinajstić information content (AvgIpc) is 3.13. The minimum absolute atomic E-state index is 0. The highest BCUT2D eigenvalue weighted by Gasteiger charge is 2.26. The lowest BCUT2D eigenvalue weighted by Crippen LogP contribution is -2.38. The fraction of sp³-hybridized carbons (Fsp3) is 0.421. The Labute approximate surface area is 169 Å². The third-order valence-corrected chi connectivity index (χ3v) is 5.41. The summed E-state index contributed by atoms with van der Waals surface area (Å²) in [6, 6.07) is 7.73. The zero-order valence-electron chi connectivity index (χ0n) is 15.5. The van der Waals surface area contributed by atoms with Gasteiger partial charge >= 0.3 is 0 Å². The normalized spacial score (nSPS) is 16.8. The van der Waals surface area contributed by atoms with Crippen LogP contribution in [0.4, 0.5) is 11.4 Å². The number of nitrogens with zero attached hydrogens (tertiary/aromatic N) is 2. The number of fused-ring (bicyclic) bond motifs is 1. The number of piperidine rings is 1. The largest absolute Gasteiger partial charge is 0.370 e. The molecule has 0 spiro atoms. The van der Waals surface area contributed by atoms with Gasteiger partial charge in [-0.25, -0.2) is 0 Å². The number of aromatic nitrogens is 2. The number of aromatic amines is 1. The molecule has 2 amide bonds. The molecule has 3 heterocycles. The number of carbonyl (C=O) groups is 2. The van der Waals surface area contributed by atoms with E-state index in [1.165, 1.54) is 0 Å². The van der Waals surface area contributed by atoms with E-state index in [-0.39, 0.29) is 30.1 Å². The summed E-state index contributed by atoms with van der Waals surface area (Å²) in [5.41, 5.74) is 9.55. The van der Waals surface area contributed by atoms with E-state index in [1.807, 2.05) is 24.3 Å². The van der Waals surface area contributed by atoms with Crippen LogP contribution in [0.3, 0.4) is 0 Å². The Balaban J connectivity index is 0.00000225. The molecular formula is C19H25ClN6O2. The maximum atomic E-state index is 12.8. The Morgan fingerprint density at radius 1 is 1.21 bits per heavy atom. The molecule has 1 aromatic carbocycles. The van der Waals surface area contributed by atoms with Gasteiger partial charge in [0, 0.05) is 49.8 Å². The van der Waals surface area contributed by atoms with E-state index in [0.717, 1.165) is 61.5 Å². The number of rotatable bonds is 4. The summed E-state index contributed by atoms with van der Waals surface area (Å²) in [6.45, 7) is 3.02. The molecular weight excluding hydrogens is 380 g/mol. The van der Waals surface area contributed by atoms with Crippen molar-refractivity contribution in [2.24, 2.45) is 11.7 Å². The van der Waals surface area contributed by atoms with Gasteiger partial charge in [0.05, 0.1) is 11.4 Å². The molecule has 0 bridgehead atoms. The number of anilines is 2. The Morgan fingerprint density at radius 3 is 2.71 bits per heavy atom. The third kappa shape index (κ3) is 3.98. The monoisotopic (exact) mass is 404 g/mol. The summed E-state index contributed by atoms with van der Waals surface area (Å²) in [5, 5.41) is 13.5. The van der Waals surface area contributed by atoms with Gasteiger partial charge in [-0.1, -0.05) is 12.1 Å². The Bertz CT molecular complexity index is 860. The Hall–Kier alpha value is -2.58. The zero-order valence-corrected chi connectivity index (χ0v) is 16.3. The van der Waals surface area contributed by atoms with Crippen LogP contribution in [0, 0.1) is 5.92 Å². The number of para-hydroxylation sites is 2. The van der Waals surface area contributed by atoms with E-state index in [0.29, 0.717) is 12.2 Å². The van der Waals surface area contributed by atoms with Crippen LogP contribution < -0.4 is 21.3 Å². The lowest BCUT2D eigenvalue weighted by atomic mass is 9.96. The second-order valence-electron chi connectivity index (χ2n) is 7.09. The highest BCUT2D eigenvalue weighted by atomic mass is 35.5. The highest BCUT2D eigenvalue weighted by molar-refractivity contribution is 6.05. The van der Waals surface area contributed by atoms with E-state index >= 15 is 0 Å². The number of nitrogens with one attached hydrogen (secondary N) is 3. The molecule has 2 aromatic rings. The van der Waals surface area contributed by atoms with Crippen molar-refractivity contribution in [1.82, 2.24) is 15.5 Å². The summed E-state index contributed by atoms with van der Waals surface area (Å²) >= 11 is 0. The average molecular weight is 405 g/mol. The molecule has 1 aromatic heterocycles. The number of hydrogen-bond acceptors (Lipinski definition) is 5. The number of carbonyl (C=O) groups excluding carboxylic acids is 2. The van der Waals surface area contributed by atoms with Gasteiger partial charge in [-0.2, -0.15) is 5.10 Å². The van der Waals surface area contributed by atoms with Crippen molar-refractivity contribution in [2.75, 3.05) is 29.9 Å². The summed E-state index contributed by atoms with van der Waals surface area (Å²) in [7, 11) is 0. The number of nitrogens with two attached hydrogens (primary N) is 1. The van der Waals surface area contributed by atoms with Crippen molar-refractivity contribution >= 4 is 35.6 Å². The van der Waals surface area contributed by atoms with Crippen LogP contribution in [0.1, 0.15) is 34.6 Å². The van der Waals surface area contributed by atoms with Gasteiger partial charge in [0.1, 0.15) is 0 Å². The lowest BCUT2D eigenvalue weighted by molar-refractivity contribution is -0.122. The summed E-state index contributed by atoms with van der Waals surface area (Å²) < 4.78 is 0. The number of primary amides is 1. The van der Waals surface area contributed by atoms with Crippen molar-refractivity contribution < 1.29 is 9.59 Å². The first-order chi connectivity index (χ1) is 13.1. The number of benzene rings is 1. The van der Waals surface area contributed by atoms with Crippen molar-refractivity contribution in [3.63, 3.8) is 0 Å². The van der Waals surface area contributed by atoms with E-state index < -0.39 is 0 Å². The van der Waals surface area contributed by atoms with Crippen molar-refractivity contribution in [3.05, 3.63) is 41.2 Å². The van der Waals surface area contributed by atoms with Gasteiger partial charge in [0.15, 0.2) is 5.69 Å². The molecule has 4 rings (SSSR count). The molecule has 2 aliphatic rings. The number of hydrogen-bond donors (Lipinski definition) is 4. The minimum atomic E-state index is -0.229. The summed E-state index contributed by atoms with van der Waals surface area (Å²) in [4.78, 5) is 26.4. The van der Waals surface area contributed by atoms with Crippen molar-refractivity contribution in [1.29, 1.82) is 0 Å². The maximum absolute atomic E-state index is 12.8. The predicted molar refractivity (Wildman–Crippen MR) is 110 cm³/mol. The number of halogens is 1. The molecule has 9 heteroatoms. The van der Waals surface area contributed by atoms with Crippen LogP contribution in [0.25, 0.3) is 0 Å². The second-order valence-corrected chi connectivity index (χ2v) is 7.09. The summed E-state index contributed by atoms with van der Waals surface area (Å²) in [6.07, 6.45) is 2.31. The van der Waals surface area contributed by atoms with Gasteiger partial charge in [-0.15, -0.1) is 12.4 Å². The molecule has 2 aliphatic heterocycles. The molecule has 1 saturated heterocycles. The SMILES string of the molecule is Cl.NC(=O)C1CCN(c2ccccc2NC(=O)c2n[nH]c3c2CNCC3)CC1. The smallest absolute Gasteiger partial charge is 0.276 e. The predicted octanol–water partition coefficient (Wildman–Crippen LogP) is 1.43. The van der Waals surface area contributed by atoms with Crippen LogP contribution in [-0.2, 0) is 17.8 Å². The zero-order chi connectivity index (χ0) is 18.8.